The van der Waals surface area contributed by atoms with Gasteiger partial charge in [-0.15, -0.1) is 0 Å². The summed E-state index contributed by atoms with van der Waals surface area (Å²) in [4.78, 5) is 30.3. The number of carbonyl (C=O) groups is 2. The van der Waals surface area contributed by atoms with Crippen LogP contribution in [0.15, 0.2) is 78.5 Å². The Kier molecular flexibility index (Phi) is 5.47. The van der Waals surface area contributed by atoms with Crippen LogP contribution in [-0.2, 0) is 16.1 Å². The highest BCUT2D eigenvalue weighted by Crippen LogP contribution is 2.35. The Morgan fingerprint density at radius 1 is 0.774 bits per heavy atom. The molecule has 1 aliphatic heterocycles. The second-order valence-electron chi connectivity index (χ2n) is 8.12. The lowest BCUT2D eigenvalue weighted by Crippen LogP contribution is -2.33. The molecule has 31 heavy (non-hydrogen) atoms. The number of imide groups is 1. The van der Waals surface area contributed by atoms with Crippen molar-refractivity contribution in [3.63, 3.8) is 0 Å². The maximum absolute atomic E-state index is 13.6. The molecule has 4 rings (SSSR count). The number of benzene rings is 3. The second kappa shape index (κ2) is 8.23. The monoisotopic (exact) mass is 410 g/mol. The second-order valence-corrected chi connectivity index (χ2v) is 8.12. The highest BCUT2D eigenvalue weighted by Gasteiger charge is 2.41. The summed E-state index contributed by atoms with van der Waals surface area (Å²) < 4.78 is 0. The first-order valence-corrected chi connectivity index (χ1v) is 10.4. The van der Waals surface area contributed by atoms with Crippen molar-refractivity contribution in [3.05, 3.63) is 106 Å². The third-order valence-corrected chi connectivity index (χ3v) is 5.73. The Hall–Kier alpha value is -3.66. The van der Waals surface area contributed by atoms with Gasteiger partial charge >= 0.3 is 0 Å². The molecule has 0 saturated carbocycles. The van der Waals surface area contributed by atoms with Crippen molar-refractivity contribution in [3.8, 4) is 0 Å². The van der Waals surface area contributed by atoms with Crippen LogP contribution < -0.4 is 4.90 Å². The molecule has 0 N–H and O–H groups in total. The minimum Gasteiger partial charge on any atom is -0.339 e. The Morgan fingerprint density at radius 2 is 1.42 bits per heavy atom. The topological polar surface area (TPSA) is 40.6 Å². The zero-order chi connectivity index (χ0) is 22.1. The Bertz CT molecular complexity index is 1180. The van der Waals surface area contributed by atoms with E-state index in [1.165, 1.54) is 4.90 Å². The first kappa shape index (κ1) is 20.6. The number of rotatable bonds is 5. The number of hydrogen-bond acceptors (Lipinski definition) is 3. The number of carbonyl (C=O) groups excluding carboxylic acids is 2. The molecule has 3 aromatic carbocycles. The van der Waals surface area contributed by atoms with E-state index in [0.717, 1.165) is 33.5 Å². The Balaban J connectivity index is 1.82. The van der Waals surface area contributed by atoms with E-state index in [2.05, 4.69) is 0 Å². The molecule has 0 bridgehead atoms. The van der Waals surface area contributed by atoms with Crippen LogP contribution >= 0.6 is 0 Å². The molecule has 1 aliphatic rings. The van der Waals surface area contributed by atoms with E-state index < -0.39 is 0 Å². The van der Waals surface area contributed by atoms with E-state index in [1.54, 1.807) is 0 Å². The van der Waals surface area contributed by atoms with Crippen LogP contribution in [0, 0.1) is 20.8 Å². The van der Waals surface area contributed by atoms with Gasteiger partial charge < -0.3 is 4.90 Å². The summed E-state index contributed by atoms with van der Waals surface area (Å²) in [7, 11) is 1.84. The van der Waals surface area contributed by atoms with E-state index in [4.69, 9.17) is 0 Å². The smallest absolute Gasteiger partial charge is 0.278 e. The van der Waals surface area contributed by atoms with Crippen molar-refractivity contribution in [2.45, 2.75) is 27.3 Å². The molecule has 4 heteroatoms. The van der Waals surface area contributed by atoms with Gasteiger partial charge in [0.05, 0.1) is 12.1 Å². The third-order valence-electron chi connectivity index (χ3n) is 5.73. The molecule has 4 nitrogen and oxygen atoms in total. The van der Waals surface area contributed by atoms with E-state index in [-0.39, 0.29) is 18.4 Å². The van der Waals surface area contributed by atoms with E-state index in [0.29, 0.717) is 11.3 Å². The number of likely N-dealkylation sites (N-methyl/N-ethyl adjacent to an activating group) is 1. The van der Waals surface area contributed by atoms with Gasteiger partial charge in [0, 0.05) is 12.7 Å². The molecule has 156 valence electrons. The summed E-state index contributed by atoms with van der Waals surface area (Å²) in [5.74, 6) is -0.526. The zero-order valence-electron chi connectivity index (χ0n) is 18.3. The Morgan fingerprint density at radius 3 is 2.06 bits per heavy atom. The fraction of sp³-hybridized carbons (Fsp3) is 0.185. The molecule has 0 saturated heterocycles. The maximum atomic E-state index is 13.6. The van der Waals surface area contributed by atoms with Gasteiger partial charge in [-0.3, -0.25) is 14.5 Å². The molecule has 1 heterocycles. The van der Waals surface area contributed by atoms with Crippen molar-refractivity contribution in [2.24, 2.45) is 0 Å². The number of hydrogen-bond donors (Lipinski definition) is 0. The fourth-order valence-electron chi connectivity index (χ4n) is 4.01. The van der Waals surface area contributed by atoms with Crippen LogP contribution in [0.2, 0.25) is 0 Å². The van der Waals surface area contributed by atoms with Gasteiger partial charge in [-0.25, -0.2) is 0 Å². The lowest BCUT2D eigenvalue weighted by Gasteiger charge is -2.22. The molecule has 0 radical (unpaired) electrons. The minimum absolute atomic E-state index is 0.248. The first-order valence-electron chi connectivity index (χ1n) is 10.4. The molecule has 0 unspecified atom stereocenters. The predicted octanol–water partition coefficient (Wildman–Crippen LogP) is 5.03. The first-order chi connectivity index (χ1) is 14.9. The molecule has 0 fully saturated rings. The quantitative estimate of drug-likeness (QED) is 0.554. The van der Waals surface area contributed by atoms with Crippen LogP contribution in [0.25, 0.3) is 5.57 Å². The van der Waals surface area contributed by atoms with Crippen LogP contribution in [-0.4, -0.2) is 23.8 Å². The average molecular weight is 411 g/mol. The van der Waals surface area contributed by atoms with Crippen LogP contribution in [0.4, 0.5) is 5.69 Å². The lowest BCUT2D eigenvalue weighted by molar-refractivity contribution is -0.137. The zero-order valence-corrected chi connectivity index (χ0v) is 18.3. The molecule has 0 spiro atoms. The Labute approximate surface area is 183 Å². The van der Waals surface area contributed by atoms with Gasteiger partial charge in [0.15, 0.2) is 0 Å². The molecule has 0 aliphatic carbocycles. The number of anilines is 1. The third kappa shape index (κ3) is 3.89. The summed E-state index contributed by atoms with van der Waals surface area (Å²) in [6, 6.07) is 23.5. The van der Waals surface area contributed by atoms with Gasteiger partial charge in [0.2, 0.25) is 0 Å². The van der Waals surface area contributed by atoms with Crippen LogP contribution in [0.5, 0.6) is 0 Å². The summed E-state index contributed by atoms with van der Waals surface area (Å²) in [6.07, 6.45) is 0. The van der Waals surface area contributed by atoms with Crippen molar-refractivity contribution < 1.29 is 9.59 Å². The van der Waals surface area contributed by atoms with Crippen molar-refractivity contribution in [2.75, 3.05) is 11.9 Å². The fourth-order valence-corrected chi connectivity index (χ4v) is 4.01. The van der Waals surface area contributed by atoms with Crippen LogP contribution in [0.1, 0.15) is 27.8 Å². The van der Waals surface area contributed by atoms with Crippen LogP contribution in [0.3, 0.4) is 0 Å². The summed E-state index contributed by atoms with van der Waals surface area (Å²) in [5, 5.41) is 0. The minimum atomic E-state index is -0.271. The average Bonchev–Trinajstić information content (AvgIpc) is 3.00. The SMILES string of the molecule is Cc1ccc(CN2C(=O)C(c3ccc(C)cc3C)=C(N(C)c3ccccc3)C2=O)cc1. The molecule has 2 amide bonds. The number of aryl methyl sites for hydroxylation is 3. The molecular weight excluding hydrogens is 384 g/mol. The lowest BCUT2D eigenvalue weighted by atomic mass is 9.97. The van der Waals surface area contributed by atoms with Gasteiger partial charge in [-0.2, -0.15) is 0 Å². The van der Waals surface area contributed by atoms with E-state index in [9.17, 15) is 9.59 Å². The standard InChI is InChI=1S/C27H26N2O2/c1-18-10-13-21(14-11-18)17-29-26(30)24(23-15-12-19(2)16-20(23)3)25(27(29)31)28(4)22-8-6-5-7-9-22/h5-16H,17H2,1-4H3. The maximum Gasteiger partial charge on any atom is 0.278 e. The molecule has 0 atom stereocenters. The summed E-state index contributed by atoms with van der Waals surface area (Å²) >= 11 is 0. The van der Waals surface area contributed by atoms with Gasteiger partial charge in [0.1, 0.15) is 5.70 Å². The highest BCUT2D eigenvalue weighted by atomic mass is 16.2. The van der Waals surface area contributed by atoms with E-state index >= 15 is 0 Å². The van der Waals surface area contributed by atoms with Gasteiger partial charge in [-0.1, -0.05) is 71.8 Å². The summed E-state index contributed by atoms with van der Waals surface area (Å²) in [6.45, 7) is 6.27. The van der Waals surface area contributed by atoms with Crippen molar-refractivity contribution in [1.29, 1.82) is 0 Å². The normalized spacial score (nSPS) is 13.9. The van der Waals surface area contributed by atoms with Gasteiger partial charge in [0.25, 0.3) is 11.8 Å². The molecular formula is C27H26N2O2. The molecule has 0 aromatic heterocycles. The van der Waals surface area contributed by atoms with Gasteiger partial charge in [-0.05, 0) is 49.6 Å². The van der Waals surface area contributed by atoms with Crippen molar-refractivity contribution >= 4 is 23.1 Å². The van der Waals surface area contributed by atoms with Crippen molar-refractivity contribution in [1.82, 2.24) is 4.90 Å². The number of amides is 2. The number of nitrogens with zero attached hydrogens (tertiary/aromatic N) is 2. The predicted molar refractivity (Wildman–Crippen MR) is 124 cm³/mol. The molecule has 3 aromatic rings. The largest absolute Gasteiger partial charge is 0.339 e. The number of para-hydroxylation sites is 1. The van der Waals surface area contributed by atoms with E-state index in [1.807, 2.05) is 106 Å². The highest BCUT2D eigenvalue weighted by molar-refractivity contribution is 6.36. The summed E-state index contributed by atoms with van der Waals surface area (Å²) in [5.41, 5.74) is 6.69.